The molecule has 6 heteroatoms. The Morgan fingerprint density at radius 3 is 2.59 bits per heavy atom. The molecule has 2 atom stereocenters. The highest BCUT2D eigenvalue weighted by Gasteiger charge is 2.16. The second kappa shape index (κ2) is 6.86. The minimum atomic E-state index is -0.803. The molecule has 5 nitrogen and oxygen atoms in total. The highest BCUT2D eigenvalue weighted by atomic mass is 31.0. The van der Waals surface area contributed by atoms with Crippen molar-refractivity contribution in [2.24, 2.45) is 0 Å². The van der Waals surface area contributed by atoms with E-state index in [2.05, 4.69) is 19.3 Å². The zero-order valence-electron chi connectivity index (χ0n) is 9.38. The van der Waals surface area contributed by atoms with Gasteiger partial charge >= 0.3 is 12.1 Å². The first-order valence-electron chi connectivity index (χ1n) is 4.94. The quantitative estimate of drug-likeness (QED) is 0.650. The molecular formula is C11H14NO4P. The highest BCUT2D eigenvalue weighted by Crippen LogP contribution is 2.02. The summed E-state index contributed by atoms with van der Waals surface area (Å²) in [6.45, 7) is 0.158. The van der Waals surface area contributed by atoms with Crippen LogP contribution in [0.5, 0.6) is 0 Å². The fraction of sp³-hybridized carbons (Fsp3) is 0.273. The smallest absolute Gasteiger partial charge is 0.408 e. The highest BCUT2D eigenvalue weighted by molar-refractivity contribution is 7.19. The van der Waals surface area contributed by atoms with Crippen LogP contribution in [0.4, 0.5) is 4.79 Å². The Hall–Kier alpha value is -1.61. The molecule has 0 fully saturated rings. The van der Waals surface area contributed by atoms with Gasteiger partial charge in [0.25, 0.3) is 0 Å². The fourth-order valence-corrected chi connectivity index (χ4v) is 1.35. The van der Waals surface area contributed by atoms with Gasteiger partial charge in [0.2, 0.25) is 0 Å². The molecule has 0 bridgehead atoms. The van der Waals surface area contributed by atoms with E-state index in [9.17, 15) is 9.59 Å². The third kappa shape index (κ3) is 4.83. The lowest BCUT2D eigenvalue weighted by Crippen LogP contribution is -2.37. The van der Waals surface area contributed by atoms with E-state index in [1.807, 2.05) is 30.3 Å². The maximum atomic E-state index is 11.3. The molecule has 17 heavy (non-hydrogen) atoms. The molecular weight excluding hydrogens is 241 g/mol. The van der Waals surface area contributed by atoms with E-state index in [1.54, 1.807) is 0 Å². The number of alkyl carbamates (subject to hydrolysis) is 1. The van der Waals surface area contributed by atoms with E-state index in [0.717, 1.165) is 5.56 Å². The maximum Gasteiger partial charge on any atom is 0.408 e. The molecule has 0 spiro atoms. The first kappa shape index (κ1) is 13.5. The molecule has 1 aromatic carbocycles. The van der Waals surface area contributed by atoms with Gasteiger partial charge in [0.15, 0.2) is 0 Å². The van der Waals surface area contributed by atoms with Crippen LogP contribution >= 0.6 is 9.24 Å². The molecule has 92 valence electrons. The Bertz CT molecular complexity index is 382. The molecule has 0 aromatic heterocycles. The Kier molecular flexibility index (Phi) is 5.43. The summed E-state index contributed by atoms with van der Waals surface area (Å²) in [4.78, 5) is 22.3. The summed E-state index contributed by atoms with van der Waals surface area (Å²) in [5, 5.41) is 2.33. The summed E-state index contributed by atoms with van der Waals surface area (Å²) in [5.41, 5.74) is 0.876. The minimum absolute atomic E-state index is 0.158. The standard InChI is InChI=1S/C11H14NO4P/c1-15-10(13)9(17)12-11(14)16-7-8-5-3-2-4-6-8/h2-6,9H,7,17H2,1H3,(H,12,14). The van der Waals surface area contributed by atoms with Crippen molar-refractivity contribution in [3.05, 3.63) is 35.9 Å². The molecule has 1 amide bonds. The lowest BCUT2D eigenvalue weighted by molar-refractivity contribution is -0.140. The zero-order valence-corrected chi connectivity index (χ0v) is 10.5. The van der Waals surface area contributed by atoms with Gasteiger partial charge in [-0.3, -0.25) is 0 Å². The van der Waals surface area contributed by atoms with Gasteiger partial charge < -0.3 is 14.8 Å². The molecule has 0 aliphatic carbocycles. The summed E-state index contributed by atoms with van der Waals surface area (Å²) in [7, 11) is 3.40. The van der Waals surface area contributed by atoms with Gasteiger partial charge in [0.05, 0.1) is 7.11 Å². The van der Waals surface area contributed by atoms with Crippen molar-refractivity contribution in [3.8, 4) is 0 Å². The monoisotopic (exact) mass is 255 g/mol. The SMILES string of the molecule is COC(=O)C(P)NC(=O)OCc1ccccc1. The van der Waals surface area contributed by atoms with E-state index in [1.165, 1.54) is 7.11 Å². The third-order valence-corrected chi connectivity index (χ3v) is 2.38. The molecule has 1 N–H and O–H groups in total. The van der Waals surface area contributed by atoms with Gasteiger partial charge in [-0.25, -0.2) is 9.59 Å². The largest absolute Gasteiger partial charge is 0.467 e. The summed E-state index contributed by atoms with van der Waals surface area (Å²) in [5.74, 6) is -1.35. The van der Waals surface area contributed by atoms with Crippen LogP contribution in [0.3, 0.4) is 0 Å². The van der Waals surface area contributed by atoms with E-state index >= 15 is 0 Å². The predicted molar refractivity (Wildman–Crippen MR) is 65.3 cm³/mol. The topological polar surface area (TPSA) is 64.6 Å². The number of methoxy groups -OCH3 is 1. The average molecular weight is 255 g/mol. The second-order valence-corrected chi connectivity index (χ2v) is 3.87. The van der Waals surface area contributed by atoms with E-state index < -0.39 is 17.8 Å². The van der Waals surface area contributed by atoms with Gasteiger partial charge in [-0.1, -0.05) is 30.3 Å². The number of nitrogens with one attached hydrogen (secondary N) is 1. The summed E-state index contributed by atoms with van der Waals surface area (Å²) in [6.07, 6.45) is -0.667. The number of benzene rings is 1. The van der Waals surface area contributed by atoms with Crippen LogP contribution in [-0.2, 0) is 20.9 Å². The van der Waals surface area contributed by atoms with E-state index in [4.69, 9.17) is 4.74 Å². The summed E-state index contributed by atoms with van der Waals surface area (Å²) in [6, 6.07) is 9.25. The van der Waals surface area contributed by atoms with Crippen molar-refractivity contribution in [2.75, 3.05) is 7.11 Å². The number of ether oxygens (including phenoxy) is 2. The second-order valence-electron chi connectivity index (χ2n) is 3.21. The van der Waals surface area contributed by atoms with Crippen molar-refractivity contribution in [1.82, 2.24) is 5.32 Å². The van der Waals surface area contributed by atoms with Gasteiger partial charge in [-0.2, -0.15) is 0 Å². The molecule has 0 radical (unpaired) electrons. The lowest BCUT2D eigenvalue weighted by Gasteiger charge is -2.11. The van der Waals surface area contributed by atoms with Crippen molar-refractivity contribution < 1.29 is 19.1 Å². The van der Waals surface area contributed by atoms with Gasteiger partial charge in [-0.05, 0) is 5.56 Å². The maximum absolute atomic E-state index is 11.3. The first-order valence-corrected chi connectivity index (χ1v) is 5.61. The Labute approximate surface area is 102 Å². The number of hydrogen-bond donors (Lipinski definition) is 1. The molecule has 0 saturated heterocycles. The zero-order chi connectivity index (χ0) is 12.7. The Balaban J connectivity index is 2.33. The first-order chi connectivity index (χ1) is 8.13. The van der Waals surface area contributed by atoms with Crippen molar-refractivity contribution in [2.45, 2.75) is 12.4 Å². The molecule has 0 aliphatic rings. The number of amides is 1. The summed E-state index contributed by atoms with van der Waals surface area (Å²) >= 11 is 0. The number of esters is 1. The van der Waals surface area contributed by atoms with Crippen LogP contribution in [0.1, 0.15) is 5.56 Å². The van der Waals surface area contributed by atoms with Crippen molar-refractivity contribution >= 4 is 21.3 Å². The normalized spacial score (nSPS) is 11.4. The minimum Gasteiger partial charge on any atom is -0.467 e. The Morgan fingerprint density at radius 2 is 2.00 bits per heavy atom. The molecule has 0 heterocycles. The van der Waals surface area contributed by atoms with Crippen LogP contribution in [0.25, 0.3) is 0 Å². The molecule has 1 aromatic rings. The third-order valence-electron chi connectivity index (χ3n) is 1.94. The number of carbonyl (C=O) groups is 2. The van der Waals surface area contributed by atoms with Crippen LogP contribution in [-0.4, -0.2) is 25.0 Å². The summed E-state index contributed by atoms with van der Waals surface area (Å²) < 4.78 is 9.37. The van der Waals surface area contributed by atoms with Crippen molar-refractivity contribution in [1.29, 1.82) is 0 Å². The number of carbonyl (C=O) groups excluding carboxylic acids is 2. The lowest BCUT2D eigenvalue weighted by atomic mass is 10.2. The van der Waals surface area contributed by atoms with Crippen LogP contribution in [0.2, 0.25) is 0 Å². The average Bonchev–Trinajstić information content (AvgIpc) is 2.36. The van der Waals surface area contributed by atoms with E-state index in [-0.39, 0.29) is 6.61 Å². The molecule has 0 saturated carbocycles. The van der Waals surface area contributed by atoms with Crippen LogP contribution in [0.15, 0.2) is 30.3 Å². The number of hydrogen-bond acceptors (Lipinski definition) is 4. The van der Waals surface area contributed by atoms with Crippen molar-refractivity contribution in [3.63, 3.8) is 0 Å². The molecule has 2 unspecified atom stereocenters. The van der Waals surface area contributed by atoms with E-state index in [0.29, 0.717) is 0 Å². The van der Waals surface area contributed by atoms with Gasteiger partial charge in [-0.15, -0.1) is 9.24 Å². The predicted octanol–water partition coefficient (Wildman–Crippen LogP) is 1.29. The Morgan fingerprint density at radius 1 is 1.35 bits per heavy atom. The van der Waals surface area contributed by atoms with Crippen LogP contribution in [0, 0.1) is 0 Å². The van der Waals surface area contributed by atoms with Crippen LogP contribution < -0.4 is 5.32 Å². The number of rotatable bonds is 4. The van der Waals surface area contributed by atoms with Gasteiger partial charge in [0.1, 0.15) is 12.4 Å². The fourth-order valence-electron chi connectivity index (χ4n) is 1.08. The molecule has 0 aliphatic heterocycles. The molecule has 1 rings (SSSR count). The van der Waals surface area contributed by atoms with Gasteiger partial charge in [0, 0.05) is 0 Å².